The van der Waals surface area contributed by atoms with E-state index in [0.29, 0.717) is 41.6 Å². The molecule has 0 bridgehead atoms. The Kier molecular flexibility index (Phi) is 9.52. The van der Waals surface area contributed by atoms with Crippen LogP contribution in [0.2, 0.25) is 0 Å². The second kappa shape index (κ2) is 13.3. The molecule has 0 saturated heterocycles. The Hall–Kier alpha value is -4.51. The summed E-state index contributed by atoms with van der Waals surface area (Å²) in [6.45, 7) is 0.437. The first kappa shape index (κ1) is 25.1. The molecule has 8 nitrogen and oxygen atoms in total. The van der Waals surface area contributed by atoms with Gasteiger partial charge in [0, 0.05) is 18.1 Å². The van der Waals surface area contributed by atoms with Crippen molar-refractivity contribution in [3.8, 4) is 23.3 Å². The first-order chi connectivity index (χ1) is 17.1. The number of aliphatic carboxylic acids is 1. The first-order valence-corrected chi connectivity index (χ1v) is 10.9. The van der Waals surface area contributed by atoms with Gasteiger partial charge in [0.25, 0.3) is 0 Å². The van der Waals surface area contributed by atoms with Crippen molar-refractivity contribution in [2.24, 2.45) is 5.16 Å². The molecule has 0 atom stereocenters. The number of aryl methyl sites for hydroxylation is 1. The summed E-state index contributed by atoms with van der Waals surface area (Å²) in [7, 11) is 1.50. The highest BCUT2D eigenvalue weighted by Gasteiger charge is 2.10. The molecule has 1 N–H and O–H groups in total. The van der Waals surface area contributed by atoms with Crippen LogP contribution < -0.4 is 14.2 Å². The number of benzene rings is 3. The number of carboxylic acid groups (broad SMARTS) is 1. The van der Waals surface area contributed by atoms with E-state index in [1.807, 2.05) is 60.7 Å². The molecule has 3 aromatic rings. The monoisotopic (exact) mass is 474 g/mol. The minimum absolute atomic E-state index is 0.0261. The lowest BCUT2D eigenvalue weighted by Gasteiger charge is -2.13. The molecule has 3 aromatic carbocycles. The molecule has 0 radical (unpaired) electrons. The van der Waals surface area contributed by atoms with E-state index < -0.39 is 5.97 Å². The summed E-state index contributed by atoms with van der Waals surface area (Å²) in [5, 5.41) is 21.8. The zero-order chi connectivity index (χ0) is 24.9. The Labute approximate surface area is 203 Å². The zero-order valence-corrected chi connectivity index (χ0v) is 19.3. The van der Waals surface area contributed by atoms with E-state index in [-0.39, 0.29) is 19.6 Å². The van der Waals surface area contributed by atoms with E-state index in [1.54, 1.807) is 18.2 Å². The molecule has 0 aromatic heterocycles. The van der Waals surface area contributed by atoms with Gasteiger partial charge in [-0.2, -0.15) is 5.26 Å². The molecule has 0 spiro atoms. The topological polar surface area (TPSA) is 110 Å². The normalized spacial score (nSPS) is 10.8. The van der Waals surface area contributed by atoms with E-state index >= 15 is 0 Å². The predicted molar refractivity (Wildman–Crippen MR) is 130 cm³/mol. The molecule has 0 aliphatic rings. The number of hydrogen-bond acceptors (Lipinski definition) is 7. The van der Waals surface area contributed by atoms with Gasteiger partial charge in [-0.15, -0.1) is 0 Å². The van der Waals surface area contributed by atoms with Crippen LogP contribution in [0.1, 0.15) is 23.1 Å². The number of carboxylic acids is 1. The molecular formula is C27H26N2O6. The van der Waals surface area contributed by atoms with Gasteiger partial charge in [0.05, 0.1) is 0 Å². The van der Waals surface area contributed by atoms with E-state index in [1.165, 1.54) is 7.11 Å². The smallest absolute Gasteiger partial charge is 0.303 e. The van der Waals surface area contributed by atoms with Crippen LogP contribution in [0.15, 0.2) is 78.0 Å². The Morgan fingerprint density at radius 3 is 2.40 bits per heavy atom. The van der Waals surface area contributed by atoms with Gasteiger partial charge in [-0.3, -0.25) is 4.79 Å². The maximum atomic E-state index is 10.9. The fourth-order valence-corrected chi connectivity index (χ4v) is 3.22. The third-order valence-corrected chi connectivity index (χ3v) is 4.95. The highest BCUT2D eigenvalue weighted by atomic mass is 16.6. The lowest BCUT2D eigenvalue weighted by molar-refractivity contribution is -0.136. The fraction of sp³-hybridized carbons (Fsp3) is 0.222. The van der Waals surface area contributed by atoms with Gasteiger partial charge in [-0.25, -0.2) is 0 Å². The van der Waals surface area contributed by atoms with Crippen molar-refractivity contribution in [1.29, 1.82) is 5.26 Å². The number of carbonyl (C=O) groups is 1. The van der Waals surface area contributed by atoms with Crippen molar-refractivity contribution in [2.45, 2.75) is 19.4 Å². The van der Waals surface area contributed by atoms with Gasteiger partial charge in [-0.05, 0) is 35.7 Å². The average Bonchev–Trinajstić information content (AvgIpc) is 2.89. The molecule has 0 fully saturated rings. The summed E-state index contributed by atoms with van der Waals surface area (Å²) in [5.41, 5.74) is 3.25. The van der Waals surface area contributed by atoms with Gasteiger partial charge < -0.3 is 24.2 Å². The third kappa shape index (κ3) is 8.09. The summed E-state index contributed by atoms with van der Waals surface area (Å²) >= 11 is 0. The highest BCUT2D eigenvalue weighted by Crippen LogP contribution is 2.27. The van der Waals surface area contributed by atoms with Crippen LogP contribution in [-0.4, -0.2) is 37.1 Å². The Morgan fingerprint density at radius 2 is 1.71 bits per heavy atom. The number of nitriles is 1. The Bertz CT molecular complexity index is 1170. The molecule has 180 valence electrons. The number of nitrogens with zero attached hydrogens (tertiary/aromatic N) is 2. The van der Waals surface area contributed by atoms with Crippen LogP contribution in [0.25, 0.3) is 0 Å². The van der Waals surface area contributed by atoms with Gasteiger partial charge in [0.2, 0.25) is 0 Å². The lowest BCUT2D eigenvalue weighted by atomic mass is 10.1. The van der Waals surface area contributed by atoms with Crippen LogP contribution in [0.5, 0.6) is 17.2 Å². The van der Waals surface area contributed by atoms with Gasteiger partial charge in [0.1, 0.15) is 49.4 Å². The minimum atomic E-state index is -0.897. The van der Waals surface area contributed by atoms with Crippen molar-refractivity contribution in [1.82, 2.24) is 0 Å². The second-order valence-electron chi connectivity index (χ2n) is 7.42. The average molecular weight is 475 g/mol. The summed E-state index contributed by atoms with van der Waals surface area (Å²) in [4.78, 5) is 15.8. The number of oxime groups is 1. The third-order valence-electron chi connectivity index (χ3n) is 4.95. The standard InChI is InChI=1S/C27H26N2O6/c1-32-29-25(21-5-3-2-4-6-21)19-35-23-11-7-20(8-12-23)18-34-24-13-9-22(10-14-27(30)31)26(17-24)33-16-15-28/h2-9,11-13,17H,10,14,16,18-19H2,1H3,(H,30,31). The second-order valence-corrected chi connectivity index (χ2v) is 7.42. The maximum absolute atomic E-state index is 10.9. The predicted octanol–water partition coefficient (Wildman–Crippen LogP) is 4.61. The molecule has 3 rings (SSSR count). The Balaban J connectivity index is 1.58. The molecule has 0 amide bonds. The van der Waals surface area contributed by atoms with Crippen molar-refractivity contribution in [3.63, 3.8) is 0 Å². The van der Waals surface area contributed by atoms with E-state index in [4.69, 9.17) is 29.4 Å². The SMILES string of the molecule is CON=C(COc1ccc(COc2ccc(CCC(=O)O)c(OCC#N)c2)cc1)c1ccccc1. The van der Waals surface area contributed by atoms with E-state index in [0.717, 1.165) is 11.1 Å². The van der Waals surface area contributed by atoms with Crippen LogP contribution >= 0.6 is 0 Å². The minimum Gasteiger partial charge on any atom is -0.489 e. The van der Waals surface area contributed by atoms with Crippen molar-refractivity contribution >= 4 is 11.7 Å². The fourth-order valence-electron chi connectivity index (χ4n) is 3.22. The molecule has 0 unspecified atom stereocenters. The molecule has 0 aliphatic carbocycles. The molecule has 0 heterocycles. The summed E-state index contributed by atoms with van der Waals surface area (Å²) in [5.74, 6) is 0.788. The summed E-state index contributed by atoms with van der Waals surface area (Å²) in [6, 6.07) is 24.3. The van der Waals surface area contributed by atoms with E-state index in [9.17, 15) is 4.79 Å². The van der Waals surface area contributed by atoms with Crippen LogP contribution in [0, 0.1) is 11.3 Å². The zero-order valence-electron chi connectivity index (χ0n) is 19.3. The first-order valence-electron chi connectivity index (χ1n) is 10.9. The molecule has 35 heavy (non-hydrogen) atoms. The van der Waals surface area contributed by atoms with Crippen LogP contribution in [0.4, 0.5) is 0 Å². The quantitative estimate of drug-likeness (QED) is 0.284. The highest BCUT2D eigenvalue weighted by molar-refractivity contribution is 6.01. The van der Waals surface area contributed by atoms with Crippen molar-refractivity contribution in [3.05, 3.63) is 89.5 Å². The molecular weight excluding hydrogens is 448 g/mol. The molecule has 0 aliphatic heterocycles. The maximum Gasteiger partial charge on any atom is 0.303 e. The van der Waals surface area contributed by atoms with Crippen molar-refractivity contribution < 1.29 is 28.9 Å². The molecule has 0 saturated carbocycles. The van der Waals surface area contributed by atoms with E-state index in [2.05, 4.69) is 5.16 Å². The van der Waals surface area contributed by atoms with Crippen molar-refractivity contribution in [2.75, 3.05) is 20.3 Å². The molecule has 8 heteroatoms. The lowest BCUT2D eigenvalue weighted by Crippen LogP contribution is -2.13. The van der Waals surface area contributed by atoms with Crippen LogP contribution in [-0.2, 0) is 22.7 Å². The number of rotatable bonds is 13. The summed E-state index contributed by atoms with van der Waals surface area (Å²) in [6.07, 6.45) is 0.278. The van der Waals surface area contributed by atoms with Crippen LogP contribution in [0.3, 0.4) is 0 Å². The van der Waals surface area contributed by atoms with Gasteiger partial charge >= 0.3 is 5.97 Å². The van der Waals surface area contributed by atoms with Gasteiger partial charge in [-0.1, -0.05) is 53.7 Å². The summed E-state index contributed by atoms with van der Waals surface area (Å²) < 4.78 is 17.2. The number of ether oxygens (including phenoxy) is 3. The Morgan fingerprint density at radius 1 is 0.971 bits per heavy atom. The van der Waals surface area contributed by atoms with Gasteiger partial charge in [0.15, 0.2) is 6.61 Å². The largest absolute Gasteiger partial charge is 0.489 e. The number of hydrogen-bond donors (Lipinski definition) is 1.